The monoisotopic (exact) mass is 358 g/mol. The Morgan fingerprint density at radius 1 is 1.19 bits per heavy atom. The number of rotatable bonds is 7. The zero-order valence-corrected chi connectivity index (χ0v) is 16.1. The Morgan fingerprint density at radius 3 is 2.81 bits per heavy atom. The van der Waals surface area contributed by atoms with Crippen molar-refractivity contribution in [3.63, 3.8) is 0 Å². The van der Waals surface area contributed by atoms with Gasteiger partial charge in [-0.2, -0.15) is 0 Å². The molecular formula is C22H34N2O2. The Kier molecular flexibility index (Phi) is 6.24. The van der Waals surface area contributed by atoms with Crippen molar-refractivity contribution in [1.82, 2.24) is 9.88 Å². The van der Waals surface area contributed by atoms with Crippen molar-refractivity contribution in [1.29, 1.82) is 0 Å². The van der Waals surface area contributed by atoms with Crippen LogP contribution in [0.25, 0.3) is 0 Å². The lowest BCUT2D eigenvalue weighted by molar-refractivity contribution is -0.0737. The van der Waals surface area contributed by atoms with Gasteiger partial charge in [-0.15, -0.1) is 0 Å². The van der Waals surface area contributed by atoms with Gasteiger partial charge in [0.1, 0.15) is 0 Å². The van der Waals surface area contributed by atoms with Crippen molar-refractivity contribution < 1.29 is 9.47 Å². The summed E-state index contributed by atoms with van der Waals surface area (Å²) >= 11 is 0. The summed E-state index contributed by atoms with van der Waals surface area (Å²) in [6.45, 7) is 6.22. The van der Waals surface area contributed by atoms with E-state index in [0.717, 1.165) is 31.1 Å². The van der Waals surface area contributed by atoms with Crippen LogP contribution in [0.2, 0.25) is 0 Å². The van der Waals surface area contributed by atoms with Crippen LogP contribution in [0, 0.1) is 11.8 Å². The lowest BCUT2D eigenvalue weighted by Gasteiger charge is -2.43. The fourth-order valence-corrected chi connectivity index (χ4v) is 5.32. The van der Waals surface area contributed by atoms with E-state index in [9.17, 15) is 0 Å². The van der Waals surface area contributed by atoms with Crippen molar-refractivity contribution in [2.45, 2.75) is 63.6 Å². The summed E-state index contributed by atoms with van der Waals surface area (Å²) in [6, 6.07) is 4.05. The molecule has 0 N–H and O–H groups in total. The summed E-state index contributed by atoms with van der Waals surface area (Å²) in [5.41, 5.74) is 1.30. The first-order valence-electron chi connectivity index (χ1n) is 10.7. The molecule has 2 aliphatic heterocycles. The summed E-state index contributed by atoms with van der Waals surface area (Å²) < 4.78 is 12.3. The van der Waals surface area contributed by atoms with E-state index >= 15 is 0 Å². The summed E-state index contributed by atoms with van der Waals surface area (Å²) in [4.78, 5) is 6.86. The van der Waals surface area contributed by atoms with E-state index in [2.05, 4.69) is 16.0 Å². The first kappa shape index (κ1) is 18.4. The molecule has 4 rings (SSSR count). The highest BCUT2D eigenvalue weighted by molar-refractivity contribution is 5.06. The second kappa shape index (κ2) is 8.81. The average molecular weight is 359 g/mol. The van der Waals surface area contributed by atoms with Gasteiger partial charge in [0.2, 0.25) is 0 Å². The molecule has 144 valence electrons. The third kappa shape index (κ3) is 4.47. The van der Waals surface area contributed by atoms with Gasteiger partial charge in [-0.3, -0.25) is 4.98 Å². The molecular weight excluding hydrogens is 324 g/mol. The molecule has 0 aromatic carbocycles. The molecule has 3 fully saturated rings. The quantitative estimate of drug-likeness (QED) is 0.689. The van der Waals surface area contributed by atoms with Crippen LogP contribution in [0.4, 0.5) is 0 Å². The van der Waals surface area contributed by atoms with E-state index in [4.69, 9.17) is 9.47 Å². The number of aromatic nitrogens is 1. The van der Waals surface area contributed by atoms with E-state index in [-0.39, 0.29) is 5.60 Å². The van der Waals surface area contributed by atoms with Gasteiger partial charge in [0, 0.05) is 45.2 Å². The number of likely N-dealkylation sites (tertiary alicyclic amines) is 1. The molecule has 3 aliphatic rings. The van der Waals surface area contributed by atoms with Crippen LogP contribution < -0.4 is 0 Å². The fraction of sp³-hybridized carbons (Fsp3) is 0.773. The number of ether oxygens (including phenoxy) is 2. The molecule has 2 saturated heterocycles. The molecule has 0 radical (unpaired) electrons. The molecule has 0 bridgehead atoms. The maximum absolute atomic E-state index is 6.34. The zero-order valence-electron chi connectivity index (χ0n) is 16.1. The zero-order chi connectivity index (χ0) is 17.7. The van der Waals surface area contributed by atoms with Crippen molar-refractivity contribution in [3.05, 3.63) is 30.1 Å². The summed E-state index contributed by atoms with van der Waals surface area (Å²) in [7, 11) is 0. The van der Waals surface area contributed by atoms with Crippen molar-refractivity contribution in [2.75, 3.05) is 32.8 Å². The maximum Gasteiger partial charge on any atom is 0.0736 e. The molecule has 4 heteroatoms. The number of pyridine rings is 1. The Labute approximate surface area is 158 Å². The highest BCUT2D eigenvalue weighted by Crippen LogP contribution is 2.42. The van der Waals surface area contributed by atoms with Crippen LogP contribution in [-0.4, -0.2) is 48.3 Å². The van der Waals surface area contributed by atoms with Crippen molar-refractivity contribution in [2.24, 2.45) is 11.8 Å². The van der Waals surface area contributed by atoms with E-state index in [1.54, 1.807) is 0 Å². The molecule has 4 nitrogen and oxygen atoms in total. The average Bonchev–Trinajstić information content (AvgIpc) is 3.32. The minimum absolute atomic E-state index is 0.143. The van der Waals surface area contributed by atoms with Gasteiger partial charge in [-0.25, -0.2) is 0 Å². The Balaban J connectivity index is 1.20. The molecule has 26 heavy (non-hydrogen) atoms. The van der Waals surface area contributed by atoms with Crippen LogP contribution in [0.3, 0.4) is 0 Å². The van der Waals surface area contributed by atoms with Crippen LogP contribution in [0.1, 0.15) is 56.9 Å². The molecule has 1 saturated carbocycles. The number of hydrogen-bond donors (Lipinski definition) is 0. The second-order valence-electron chi connectivity index (χ2n) is 8.55. The maximum atomic E-state index is 6.34. The van der Waals surface area contributed by atoms with Crippen molar-refractivity contribution in [3.8, 4) is 0 Å². The molecule has 1 aliphatic carbocycles. The predicted molar refractivity (Wildman–Crippen MR) is 103 cm³/mol. The Morgan fingerprint density at radius 2 is 2.04 bits per heavy atom. The van der Waals surface area contributed by atoms with E-state index in [1.165, 1.54) is 64.6 Å². The van der Waals surface area contributed by atoms with Crippen LogP contribution in [0.5, 0.6) is 0 Å². The third-order valence-electron chi connectivity index (χ3n) is 6.90. The topological polar surface area (TPSA) is 34.6 Å². The van der Waals surface area contributed by atoms with Gasteiger partial charge in [-0.1, -0.05) is 18.9 Å². The molecule has 1 spiro atoms. The standard InChI is InChI=1S/C22H34N2O2/c1-2-5-19(4-1)17-24-12-9-22(10-13-24)21(8-15-26-22)7-14-25-18-20-6-3-11-23-16-20/h3,6,11,16,19,21H,1-2,4-5,7-10,12-15,17-18H2/t21-/m0/s1. The first-order chi connectivity index (χ1) is 12.8. The summed E-state index contributed by atoms with van der Waals surface area (Å²) in [5, 5.41) is 0. The molecule has 1 aromatic heterocycles. The van der Waals surface area contributed by atoms with E-state index < -0.39 is 0 Å². The normalized spacial score (nSPS) is 26.7. The van der Waals surface area contributed by atoms with E-state index in [1.807, 2.05) is 18.5 Å². The molecule has 3 heterocycles. The summed E-state index contributed by atoms with van der Waals surface area (Å²) in [6.07, 6.45) is 14.3. The number of hydrogen-bond acceptors (Lipinski definition) is 4. The Bertz CT molecular complexity index is 536. The van der Waals surface area contributed by atoms with Gasteiger partial charge < -0.3 is 14.4 Å². The van der Waals surface area contributed by atoms with Gasteiger partial charge >= 0.3 is 0 Å². The molecule has 0 unspecified atom stereocenters. The Hall–Kier alpha value is -0.970. The lowest BCUT2D eigenvalue weighted by Crippen LogP contribution is -2.48. The molecule has 1 atom stereocenters. The fourth-order valence-electron chi connectivity index (χ4n) is 5.32. The second-order valence-corrected chi connectivity index (χ2v) is 8.55. The SMILES string of the molecule is c1cncc(COCC[C@H]2CCOC23CCN(CC2CCCC2)CC3)c1. The highest BCUT2D eigenvalue weighted by atomic mass is 16.5. The molecule has 0 amide bonds. The smallest absolute Gasteiger partial charge is 0.0736 e. The minimum Gasteiger partial charge on any atom is -0.377 e. The predicted octanol–water partition coefficient (Wildman–Crippen LogP) is 4.05. The van der Waals surface area contributed by atoms with Crippen molar-refractivity contribution >= 4 is 0 Å². The van der Waals surface area contributed by atoms with E-state index in [0.29, 0.717) is 12.5 Å². The lowest BCUT2D eigenvalue weighted by atomic mass is 9.78. The number of nitrogens with zero attached hydrogens (tertiary/aromatic N) is 2. The molecule has 1 aromatic rings. The van der Waals surface area contributed by atoms with Gasteiger partial charge in [-0.05, 0) is 62.0 Å². The first-order valence-corrected chi connectivity index (χ1v) is 10.7. The number of piperidine rings is 1. The van der Waals surface area contributed by atoms with Gasteiger partial charge in [0.15, 0.2) is 0 Å². The minimum atomic E-state index is 0.143. The van der Waals surface area contributed by atoms with Crippen LogP contribution >= 0.6 is 0 Å². The van der Waals surface area contributed by atoms with Crippen LogP contribution in [0.15, 0.2) is 24.5 Å². The highest BCUT2D eigenvalue weighted by Gasteiger charge is 2.45. The van der Waals surface area contributed by atoms with Crippen LogP contribution in [-0.2, 0) is 16.1 Å². The van der Waals surface area contributed by atoms with Gasteiger partial charge in [0.25, 0.3) is 0 Å². The summed E-state index contributed by atoms with van der Waals surface area (Å²) in [5.74, 6) is 1.63. The van der Waals surface area contributed by atoms with Gasteiger partial charge in [0.05, 0.1) is 12.2 Å². The largest absolute Gasteiger partial charge is 0.377 e. The third-order valence-corrected chi connectivity index (χ3v) is 6.90.